The first-order valence-electron chi connectivity index (χ1n) is 9.41. The van der Waals surface area contributed by atoms with E-state index in [4.69, 9.17) is 5.11 Å². The zero-order valence-corrected chi connectivity index (χ0v) is 15.9. The highest BCUT2D eigenvalue weighted by molar-refractivity contribution is 5.97. The van der Waals surface area contributed by atoms with Gasteiger partial charge in [-0.15, -0.1) is 0 Å². The minimum absolute atomic E-state index is 0.0187. The number of amides is 2. The molecule has 1 unspecified atom stereocenters. The van der Waals surface area contributed by atoms with Gasteiger partial charge in [-0.1, -0.05) is 29.8 Å². The molecule has 2 heterocycles. The maximum Gasteiger partial charge on any atom is 0.308 e. The summed E-state index contributed by atoms with van der Waals surface area (Å²) in [7, 11) is 0. The molecule has 144 valence electrons. The summed E-state index contributed by atoms with van der Waals surface area (Å²) in [6.45, 7) is 5.32. The molecule has 1 aromatic rings. The van der Waals surface area contributed by atoms with Gasteiger partial charge in [0.2, 0.25) is 11.8 Å². The minimum Gasteiger partial charge on any atom is -0.481 e. The maximum absolute atomic E-state index is 12.7. The van der Waals surface area contributed by atoms with Crippen LogP contribution in [0.1, 0.15) is 37.3 Å². The molecule has 0 bridgehead atoms. The molecule has 0 saturated carbocycles. The van der Waals surface area contributed by atoms with E-state index in [1.165, 1.54) is 5.56 Å². The lowest BCUT2D eigenvalue weighted by Gasteiger charge is -2.37. The largest absolute Gasteiger partial charge is 0.481 e. The Morgan fingerprint density at radius 2 is 1.78 bits per heavy atom. The molecule has 6 nitrogen and oxygen atoms in total. The number of hydrogen-bond donors (Lipinski definition) is 1. The van der Waals surface area contributed by atoms with E-state index in [1.54, 1.807) is 4.90 Å². The standard InChI is InChI=1S/C21H26N2O4/c1-14-3-5-16(6-4-14)11-15(2)20(25)22-9-7-18(8-10-22)23-13-17(21(26)27)12-19(23)24/h3-6,11,17-18H,7-10,12-13H2,1-2H3,(H,26,27)/b15-11+. The van der Waals surface area contributed by atoms with Gasteiger partial charge in [-0.25, -0.2) is 0 Å². The molecule has 2 amide bonds. The van der Waals surface area contributed by atoms with Crippen LogP contribution in [0.3, 0.4) is 0 Å². The minimum atomic E-state index is -0.907. The molecular weight excluding hydrogens is 344 g/mol. The number of benzene rings is 1. The zero-order valence-electron chi connectivity index (χ0n) is 15.9. The second kappa shape index (κ2) is 7.94. The third-order valence-corrected chi connectivity index (χ3v) is 5.50. The first kappa shape index (κ1) is 19.1. The number of rotatable bonds is 4. The number of carboxylic acids is 1. The Labute approximate surface area is 159 Å². The van der Waals surface area contributed by atoms with E-state index in [-0.39, 0.29) is 24.3 Å². The molecule has 2 saturated heterocycles. The lowest BCUT2D eigenvalue weighted by Crippen LogP contribution is -2.47. The van der Waals surface area contributed by atoms with Gasteiger partial charge in [-0.3, -0.25) is 14.4 Å². The quantitative estimate of drug-likeness (QED) is 0.825. The lowest BCUT2D eigenvalue weighted by molar-refractivity contribution is -0.141. The van der Waals surface area contributed by atoms with Crippen LogP contribution in [0.15, 0.2) is 29.8 Å². The van der Waals surface area contributed by atoms with Gasteiger partial charge in [0.15, 0.2) is 0 Å². The van der Waals surface area contributed by atoms with Crippen LogP contribution in [0, 0.1) is 12.8 Å². The van der Waals surface area contributed by atoms with E-state index in [0.717, 1.165) is 5.56 Å². The predicted octanol–water partition coefficient (Wildman–Crippen LogP) is 2.32. The number of aryl methyl sites for hydroxylation is 1. The summed E-state index contributed by atoms with van der Waals surface area (Å²) in [6, 6.07) is 8.07. The summed E-state index contributed by atoms with van der Waals surface area (Å²) in [4.78, 5) is 39.5. The fourth-order valence-corrected chi connectivity index (χ4v) is 3.85. The molecule has 2 fully saturated rings. The lowest BCUT2D eigenvalue weighted by atomic mass is 10.0. The molecule has 0 spiro atoms. The van der Waals surface area contributed by atoms with Gasteiger partial charge in [0.1, 0.15) is 0 Å². The Hall–Kier alpha value is -2.63. The van der Waals surface area contributed by atoms with E-state index >= 15 is 0 Å². The first-order chi connectivity index (χ1) is 12.8. The number of piperidine rings is 1. The molecule has 1 aromatic carbocycles. The molecule has 1 N–H and O–H groups in total. The molecule has 2 aliphatic heterocycles. The van der Waals surface area contributed by atoms with Crippen LogP contribution in [0.5, 0.6) is 0 Å². The summed E-state index contributed by atoms with van der Waals surface area (Å²) in [6.07, 6.45) is 3.38. The van der Waals surface area contributed by atoms with Gasteiger partial charge in [-0.05, 0) is 38.3 Å². The highest BCUT2D eigenvalue weighted by Gasteiger charge is 2.39. The normalized spacial score (nSPS) is 21.6. The fraction of sp³-hybridized carbons (Fsp3) is 0.476. The van der Waals surface area contributed by atoms with Crippen molar-refractivity contribution >= 4 is 23.9 Å². The SMILES string of the molecule is C/C(=C\c1ccc(C)cc1)C(=O)N1CCC(N2CC(C(=O)O)CC2=O)CC1. The Morgan fingerprint density at radius 1 is 1.15 bits per heavy atom. The smallest absolute Gasteiger partial charge is 0.308 e. The fourth-order valence-electron chi connectivity index (χ4n) is 3.85. The third-order valence-electron chi connectivity index (χ3n) is 5.50. The molecule has 0 radical (unpaired) electrons. The average Bonchev–Trinajstić information content (AvgIpc) is 3.05. The number of carboxylic acid groups (broad SMARTS) is 1. The average molecular weight is 370 g/mol. The third kappa shape index (κ3) is 4.38. The van der Waals surface area contributed by atoms with Gasteiger partial charge in [0, 0.05) is 37.7 Å². The maximum atomic E-state index is 12.7. The first-order valence-corrected chi connectivity index (χ1v) is 9.41. The second-order valence-corrected chi connectivity index (χ2v) is 7.55. The van der Waals surface area contributed by atoms with Crippen molar-refractivity contribution in [2.24, 2.45) is 5.92 Å². The molecule has 6 heteroatoms. The second-order valence-electron chi connectivity index (χ2n) is 7.55. The van der Waals surface area contributed by atoms with Crippen LogP contribution in [-0.4, -0.2) is 58.4 Å². The van der Waals surface area contributed by atoms with Crippen molar-refractivity contribution in [3.63, 3.8) is 0 Å². The van der Waals surface area contributed by atoms with Crippen molar-refractivity contribution in [1.29, 1.82) is 0 Å². The summed E-state index contributed by atoms with van der Waals surface area (Å²) < 4.78 is 0. The number of likely N-dealkylation sites (tertiary alicyclic amines) is 2. The van der Waals surface area contributed by atoms with Gasteiger partial charge in [0.05, 0.1) is 5.92 Å². The number of carbonyl (C=O) groups excluding carboxylic acids is 2. The van der Waals surface area contributed by atoms with Crippen molar-refractivity contribution in [3.05, 3.63) is 41.0 Å². The Balaban J connectivity index is 1.57. The highest BCUT2D eigenvalue weighted by Crippen LogP contribution is 2.26. The molecule has 27 heavy (non-hydrogen) atoms. The van der Waals surface area contributed by atoms with Crippen LogP contribution >= 0.6 is 0 Å². The predicted molar refractivity (Wildman–Crippen MR) is 102 cm³/mol. The van der Waals surface area contributed by atoms with E-state index < -0.39 is 11.9 Å². The van der Waals surface area contributed by atoms with E-state index in [9.17, 15) is 14.4 Å². The molecule has 0 aromatic heterocycles. The van der Waals surface area contributed by atoms with Crippen LogP contribution in [0.4, 0.5) is 0 Å². The van der Waals surface area contributed by atoms with Crippen LogP contribution in [0.2, 0.25) is 0 Å². The number of aliphatic carboxylic acids is 1. The van der Waals surface area contributed by atoms with E-state index in [0.29, 0.717) is 38.0 Å². The van der Waals surface area contributed by atoms with Crippen molar-refractivity contribution in [3.8, 4) is 0 Å². The van der Waals surface area contributed by atoms with Gasteiger partial charge >= 0.3 is 5.97 Å². The summed E-state index contributed by atoms with van der Waals surface area (Å²) in [5.41, 5.74) is 2.88. The molecule has 3 rings (SSSR count). The number of nitrogens with zero attached hydrogens (tertiary/aromatic N) is 2. The van der Waals surface area contributed by atoms with E-state index in [1.807, 2.05) is 49.1 Å². The number of carbonyl (C=O) groups is 3. The Kier molecular flexibility index (Phi) is 5.63. The van der Waals surface area contributed by atoms with Crippen molar-refractivity contribution in [2.75, 3.05) is 19.6 Å². The molecule has 2 aliphatic rings. The molecule has 0 aliphatic carbocycles. The van der Waals surface area contributed by atoms with Crippen molar-refractivity contribution in [1.82, 2.24) is 9.80 Å². The summed E-state index contributed by atoms with van der Waals surface area (Å²) in [5, 5.41) is 9.12. The molecule has 1 atom stereocenters. The van der Waals surface area contributed by atoms with Crippen LogP contribution in [-0.2, 0) is 14.4 Å². The van der Waals surface area contributed by atoms with E-state index in [2.05, 4.69) is 0 Å². The highest BCUT2D eigenvalue weighted by atomic mass is 16.4. The van der Waals surface area contributed by atoms with Gasteiger partial charge < -0.3 is 14.9 Å². The number of hydrogen-bond acceptors (Lipinski definition) is 3. The van der Waals surface area contributed by atoms with Gasteiger partial charge in [0.25, 0.3) is 0 Å². The van der Waals surface area contributed by atoms with Gasteiger partial charge in [-0.2, -0.15) is 0 Å². The summed E-state index contributed by atoms with van der Waals surface area (Å²) in [5.74, 6) is -1.57. The van der Waals surface area contributed by atoms with Crippen molar-refractivity contribution < 1.29 is 19.5 Å². The van der Waals surface area contributed by atoms with Crippen molar-refractivity contribution in [2.45, 2.75) is 39.2 Å². The zero-order chi connectivity index (χ0) is 19.6. The van der Waals surface area contributed by atoms with Crippen LogP contribution < -0.4 is 0 Å². The van der Waals surface area contributed by atoms with Crippen LogP contribution in [0.25, 0.3) is 6.08 Å². The summed E-state index contributed by atoms with van der Waals surface area (Å²) >= 11 is 0. The topological polar surface area (TPSA) is 77.9 Å². The molecular formula is C21H26N2O4. The monoisotopic (exact) mass is 370 g/mol. The Morgan fingerprint density at radius 3 is 2.33 bits per heavy atom. The Bertz CT molecular complexity index is 761.